The maximum atomic E-state index is 13.8. The van der Waals surface area contributed by atoms with E-state index in [0.717, 1.165) is 5.56 Å². The number of ether oxygens (including phenoxy) is 1. The molecule has 0 radical (unpaired) electrons. The number of nitrogens with one attached hydrogen (secondary N) is 1. The largest absolute Gasteiger partial charge is 0.491 e. The summed E-state index contributed by atoms with van der Waals surface area (Å²) in [6.07, 6.45) is 0.304. The molecule has 0 saturated carbocycles. The second-order valence-corrected chi connectivity index (χ2v) is 4.55. The van der Waals surface area contributed by atoms with Crippen LogP contribution < -0.4 is 10.1 Å². The number of nitriles is 1. The third kappa shape index (κ3) is 3.96. The Bertz CT molecular complexity index is 622. The minimum atomic E-state index is -0.411. The number of halogens is 1. The fourth-order valence-corrected chi connectivity index (χ4v) is 2.09. The standard InChI is InChI=1S/C17H17FN2O/c1-2-21-17-9-8-14(12-15(17)18)20-16(10-11-19)13-6-4-3-5-7-13/h3-9,12,16,20H,2,10H2,1H3. The summed E-state index contributed by atoms with van der Waals surface area (Å²) >= 11 is 0. The van der Waals surface area contributed by atoms with Crippen LogP contribution in [-0.4, -0.2) is 6.61 Å². The summed E-state index contributed by atoms with van der Waals surface area (Å²) in [7, 11) is 0. The second kappa shape index (κ2) is 7.30. The Morgan fingerprint density at radius 1 is 1.24 bits per heavy atom. The highest BCUT2D eigenvalue weighted by Gasteiger charge is 2.12. The van der Waals surface area contributed by atoms with E-state index in [4.69, 9.17) is 10.00 Å². The van der Waals surface area contributed by atoms with Crippen molar-refractivity contribution in [3.05, 3.63) is 59.9 Å². The maximum Gasteiger partial charge on any atom is 0.167 e. The van der Waals surface area contributed by atoms with Crippen molar-refractivity contribution in [2.45, 2.75) is 19.4 Å². The van der Waals surface area contributed by atoms with Crippen LogP contribution in [0.5, 0.6) is 5.75 Å². The molecule has 108 valence electrons. The molecule has 0 heterocycles. The first-order chi connectivity index (χ1) is 10.2. The summed E-state index contributed by atoms with van der Waals surface area (Å²) in [6, 6.07) is 16.4. The molecule has 0 aromatic heterocycles. The van der Waals surface area contributed by atoms with Crippen molar-refractivity contribution in [2.24, 2.45) is 0 Å². The molecule has 0 amide bonds. The third-order valence-corrected chi connectivity index (χ3v) is 3.07. The van der Waals surface area contributed by atoms with Crippen molar-refractivity contribution >= 4 is 5.69 Å². The van der Waals surface area contributed by atoms with Gasteiger partial charge in [-0.3, -0.25) is 0 Å². The van der Waals surface area contributed by atoms with Crippen molar-refractivity contribution < 1.29 is 9.13 Å². The zero-order chi connectivity index (χ0) is 15.1. The average Bonchev–Trinajstić information content (AvgIpc) is 2.50. The highest BCUT2D eigenvalue weighted by Crippen LogP contribution is 2.26. The first kappa shape index (κ1) is 14.9. The molecular weight excluding hydrogens is 267 g/mol. The Labute approximate surface area is 124 Å². The average molecular weight is 284 g/mol. The number of benzene rings is 2. The fourth-order valence-electron chi connectivity index (χ4n) is 2.09. The van der Waals surface area contributed by atoms with Crippen LogP contribution in [0.1, 0.15) is 24.9 Å². The van der Waals surface area contributed by atoms with Crippen LogP contribution in [0.2, 0.25) is 0 Å². The topological polar surface area (TPSA) is 45.0 Å². The van der Waals surface area contributed by atoms with Gasteiger partial charge in [-0.15, -0.1) is 0 Å². The Hall–Kier alpha value is -2.54. The van der Waals surface area contributed by atoms with Crippen LogP contribution in [0.4, 0.5) is 10.1 Å². The van der Waals surface area contributed by atoms with Crippen LogP contribution in [0, 0.1) is 17.1 Å². The van der Waals surface area contributed by atoms with Crippen LogP contribution >= 0.6 is 0 Å². The van der Waals surface area contributed by atoms with Crippen molar-refractivity contribution in [3.8, 4) is 11.8 Å². The van der Waals surface area contributed by atoms with Crippen LogP contribution in [0.15, 0.2) is 48.5 Å². The van der Waals surface area contributed by atoms with Crippen LogP contribution in [-0.2, 0) is 0 Å². The maximum absolute atomic E-state index is 13.8. The molecule has 21 heavy (non-hydrogen) atoms. The van der Waals surface area contributed by atoms with Crippen molar-refractivity contribution in [1.82, 2.24) is 0 Å². The molecule has 0 fully saturated rings. The normalized spacial score (nSPS) is 11.5. The van der Waals surface area contributed by atoms with Gasteiger partial charge in [0.2, 0.25) is 0 Å². The molecule has 0 aliphatic carbocycles. The van der Waals surface area contributed by atoms with Gasteiger partial charge in [-0.05, 0) is 24.6 Å². The van der Waals surface area contributed by atoms with E-state index in [0.29, 0.717) is 18.7 Å². The number of anilines is 1. The lowest BCUT2D eigenvalue weighted by Gasteiger charge is -2.18. The zero-order valence-electron chi connectivity index (χ0n) is 11.8. The molecule has 1 unspecified atom stereocenters. The molecule has 4 heteroatoms. The van der Waals surface area contributed by atoms with Gasteiger partial charge in [0.15, 0.2) is 11.6 Å². The number of rotatable bonds is 6. The van der Waals surface area contributed by atoms with Crippen LogP contribution in [0.3, 0.4) is 0 Å². The van der Waals surface area contributed by atoms with Crippen LogP contribution in [0.25, 0.3) is 0 Å². The van der Waals surface area contributed by atoms with E-state index in [-0.39, 0.29) is 11.8 Å². The summed E-state index contributed by atoms with van der Waals surface area (Å²) < 4.78 is 19.0. The van der Waals surface area contributed by atoms with Crippen molar-refractivity contribution in [2.75, 3.05) is 11.9 Å². The highest BCUT2D eigenvalue weighted by molar-refractivity contribution is 5.49. The number of hydrogen-bond donors (Lipinski definition) is 1. The second-order valence-electron chi connectivity index (χ2n) is 4.55. The first-order valence-electron chi connectivity index (χ1n) is 6.85. The van der Waals surface area contributed by atoms with Gasteiger partial charge >= 0.3 is 0 Å². The van der Waals surface area contributed by atoms with Gasteiger partial charge in [0.25, 0.3) is 0 Å². The summed E-state index contributed by atoms with van der Waals surface area (Å²) in [5, 5.41) is 12.1. The van der Waals surface area contributed by atoms with Gasteiger partial charge in [0.05, 0.1) is 25.1 Å². The van der Waals surface area contributed by atoms with E-state index in [9.17, 15) is 4.39 Å². The van der Waals surface area contributed by atoms with E-state index < -0.39 is 5.82 Å². The molecule has 0 saturated heterocycles. The van der Waals surface area contributed by atoms with Gasteiger partial charge in [0, 0.05) is 11.8 Å². The lowest BCUT2D eigenvalue weighted by Crippen LogP contribution is -2.10. The molecule has 1 N–H and O–H groups in total. The van der Waals surface area contributed by atoms with Crippen molar-refractivity contribution in [1.29, 1.82) is 5.26 Å². The molecule has 0 aliphatic rings. The molecule has 2 rings (SSSR count). The predicted molar refractivity (Wildman–Crippen MR) is 80.6 cm³/mol. The van der Waals surface area contributed by atoms with Gasteiger partial charge in [-0.1, -0.05) is 30.3 Å². The SMILES string of the molecule is CCOc1ccc(NC(CC#N)c2ccccc2)cc1F. The number of nitrogens with zero attached hydrogens (tertiary/aromatic N) is 1. The van der Waals surface area contributed by atoms with E-state index in [1.54, 1.807) is 12.1 Å². The molecule has 1 atom stereocenters. The lowest BCUT2D eigenvalue weighted by molar-refractivity contribution is 0.321. The molecule has 0 spiro atoms. The first-order valence-corrected chi connectivity index (χ1v) is 6.85. The number of hydrogen-bond acceptors (Lipinski definition) is 3. The summed E-state index contributed by atoms with van der Waals surface area (Å²) in [6.45, 7) is 2.23. The third-order valence-electron chi connectivity index (χ3n) is 3.07. The molecule has 0 aliphatic heterocycles. The molecule has 2 aromatic carbocycles. The van der Waals surface area contributed by atoms with Gasteiger partial charge in [-0.2, -0.15) is 5.26 Å². The summed E-state index contributed by atoms with van der Waals surface area (Å²) in [5.41, 5.74) is 1.62. The van der Waals surface area contributed by atoms with Gasteiger partial charge in [-0.25, -0.2) is 4.39 Å². The van der Waals surface area contributed by atoms with Gasteiger partial charge < -0.3 is 10.1 Å². The van der Waals surface area contributed by atoms with Gasteiger partial charge in [0.1, 0.15) is 0 Å². The minimum Gasteiger partial charge on any atom is -0.491 e. The zero-order valence-corrected chi connectivity index (χ0v) is 11.8. The van der Waals surface area contributed by atoms with E-state index in [1.165, 1.54) is 6.07 Å². The summed E-state index contributed by atoms with van der Waals surface area (Å²) in [4.78, 5) is 0. The fraction of sp³-hybridized carbons (Fsp3) is 0.235. The summed E-state index contributed by atoms with van der Waals surface area (Å²) in [5.74, 6) is -0.176. The van der Waals surface area contributed by atoms with E-state index >= 15 is 0 Å². The van der Waals surface area contributed by atoms with Crippen molar-refractivity contribution in [3.63, 3.8) is 0 Å². The smallest absolute Gasteiger partial charge is 0.167 e. The minimum absolute atomic E-state index is 0.173. The molecular formula is C17H17FN2O. The monoisotopic (exact) mass is 284 g/mol. The lowest BCUT2D eigenvalue weighted by atomic mass is 10.0. The molecule has 0 bridgehead atoms. The Morgan fingerprint density at radius 2 is 2.00 bits per heavy atom. The highest BCUT2D eigenvalue weighted by atomic mass is 19.1. The van der Waals surface area contributed by atoms with E-state index in [1.807, 2.05) is 37.3 Å². The quantitative estimate of drug-likeness (QED) is 0.860. The Balaban J connectivity index is 2.18. The van der Waals surface area contributed by atoms with E-state index in [2.05, 4.69) is 11.4 Å². The predicted octanol–water partition coefficient (Wildman–Crippen LogP) is 4.29. The molecule has 2 aromatic rings. The molecule has 3 nitrogen and oxygen atoms in total. The Kier molecular flexibility index (Phi) is 5.16. The Morgan fingerprint density at radius 3 is 2.62 bits per heavy atom.